The van der Waals surface area contributed by atoms with Crippen molar-refractivity contribution in [1.82, 2.24) is 0 Å². The van der Waals surface area contributed by atoms with Crippen molar-refractivity contribution in [1.29, 1.82) is 0 Å². The first-order valence-electron chi connectivity index (χ1n) is 7.77. The van der Waals surface area contributed by atoms with Gasteiger partial charge < -0.3 is 10.6 Å². The van der Waals surface area contributed by atoms with Gasteiger partial charge in [0.1, 0.15) is 0 Å². The minimum atomic E-state index is 0.735. The Morgan fingerprint density at radius 2 is 2.05 bits per heavy atom. The Morgan fingerprint density at radius 3 is 2.74 bits per heavy atom. The third-order valence-electron chi connectivity index (χ3n) is 5.21. The number of nitrogens with zero attached hydrogens (tertiary/aromatic N) is 1. The van der Waals surface area contributed by atoms with Crippen LogP contribution in [0.4, 0.5) is 5.69 Å². The van der Waals surface area contributed by atoms with Crippen LogP contribution in [0.1, 0.15) is 31.2 Å². The number of para-hydroxylation sites is 1. The number of nitrogens with two attached hydrogens (primary N) is 1. The number of rotatable bonds is 5. The van der Waals surface area contributed by atoms with Crippen molar-refractivity contribution >= 4 is 5.69 Å². The maximum Gasteiger partial charge on any atom is 0.0396 e. The molecule has 0 radical (unpaired) electrons. The molecule has 0 amide bonds. The molecule has 1 aromatic carbocycles. The molecule has 2 saturated carbocycles. The largest absolute Gasteiger partial charge is 0.374 e. The number of benzene rings is 1. The SMILES string of the molecule is CN(CC1CC2CCC1C2)c1ccccc1CCN. The zero-order chi connectivity index (χ0) is 13.2. The fraction of sp³-hybridized carbons (Fsp3) is 0.647. The van der Waals surface area contributed by atoms with Gasteiger partial charge in [-0.25, -0.2) is 0 Å². The van der Waals surface area contributed by atoms with Gasteiger partial charge in [-0.1, -0.05) is 24.6 Å². The van der Waals surface area contributed by atoms with Gasteiger partial charge in [-0.05, 0) is 61.6 Å². The summed E-state index contributed by atoms with van der Waals surface area (Å²) >= 11 is 0. The standard InChI is InChI=1S/C17H26N2/c1-19(12-16-11-13-6-7-15(16)10-13)17-5-3-2-4-14(17)8-9-18/h2-5,13,15-16H,6-12,18H2,1H3. The Bertz CT molecular complexity index is 429. The van der Waals surface area contributed by atoms with Crippen molar-refractivity contribution in [3.63, 3.8) is 0 Å². The summed E-state index contributed by atoms with van der Waals surface area (Å²) in [6.07, 6.45) is 6.93. The molecule has 2 bridgehead atoms. The molecule has 0 spiro atoms. The first-order chi connectivity index (χ1) is 9.28. The van der Waals surface area contributed by atoms with Crippen LogP contribution < -0.4 is 10.6 Å². The summed E-state index contributed by atoms with van der Waals surface area (Å²) in [5, 5.41) is 0. The van der Waals surface area contributed by atoms with Crippen molar-refractivity contribution < 1.29 is 0 Å². The molecule has 2 heteroatoms. The lowest BCUT2D eigenvalue weighted by molar-refractivity contribution is 0.337. The molecular formula is C17H26N2. The average Bonchev–Trinajstić information content (AvgIpc) is 3.02. The van der Waals surface area contributed by atoms with E-state index in [2.05, 4.69) is 36.2 Å². The first-order valence-corrected chi connectivity index (χ1v) is 7.77. The van der Waals surface area contributed by atoms with Crippen LogP contribution in [0.15, 0.2) is 24.3 Å². The number of hydrogen-bond donors (Lipinski definition) is 1. The lowest BCUT2D eigenvalue weighted by Gasteiger charge is -2.30. The highest BCUT2D eigenvalue weighted by Crippen LogP contribution is 2.48. The second-order valence-corrected chi connectivity index (χ2v) is 6.48. The predicted molar refractivity (Wildman–Crippen MR) is 81.4 cm³/mol. The maximum absolute atomic E-state index is 5.72. The minimum Gasteiger partial charge on any atom is -0.374 e. The summed E-state index contributed by atoms with van der Waals surface area (Å²) in [6.45, 7) is 1.96. The molecule has 3 atom stereocenters. The van der Waals surface area contributed by atoms with E-state index in [0.717, 1.165) is 30.7 Å². The lowest BCUT2D eigenvalue weighted by atomic mass is 9.88. The first kappa shape index (κ1) is 13.0. The zero-order valence-electron chi connectivity index (χ0n) is 12.0. The Hall–Kier alpha value is -1.02. The van der Waals surface area contributed by atoms with E-state index in [4.69, 9.17) is 5.73 Å². The van der Waals surface area contributed by atoms with Crippen LogP contribution in [0.5, 0.6) is 0 Å². The molecule has 2 aliphatic carbocycles. The topological polar surface area (TPSA) is 29.3 Å². The lowest BCUT2D eigenvalue weighted by Crippen LogP contribution is -2.29. The highest BCUT2D eigenvalue weighted by atomic mass is 15.1. The second-order valence-electron chi connectivity index (χ2n) is 6.48. The average molecular weight is 258 g/mol. The van der Waals surface area contributed by atoms with Crippen molar-refractivity contribution in [2.45, 2.75) is 32.1 Å². The Kier molecular flexibility index (Phi) is 3.79. The number of anilines is 1. The van der Waals surface area contributed by atoms with E-state index >= 15 is 0 Å². The smallest absolute Gasteiger partial charge is 0.0396 e. The van der Waals surface area contributed by atoms with Gasteiger partial charge in [0.25, 0.3) is 0 Å². The fourth-order valence-corrected chi connectivity index (χ4v) is 4.30. The van der Waals surface area contributed by atoms with Gasteiger partial charge in [-0.3, -0.25) is 0 Å². The molecule has 2 nitrogen and oxygen atoms in total. The van der Waals surface area contributed by atoms with Gasteiger partial charge in [0, 0.05) is 19.3 Å². The van der Waals surface area contributed by atoms with E-state index in [9.17, 15) is 0 Å². The molecule has 0 aliphatic heterocycles. The van der Waals surface area contributed by atoms with E-state index in [1.54, 1.807) is 0 Å². The van der Waals surface area contributed by atoms with E-state index in [-0.39, 0.29) is 0 Å². The molecule has 19 heavy (non-hydrogen) atoms. The van der Waals surface area contributed by atoms with E-state index in [1.165, 1.54) is 43.5 Å². The van der Waals surface area contributed by atoms with E-state index in [0.29, 0.717) is 0 Å². The Labute approximate surface area is 117 Å². The molecular weight excluding hydrogens is 232 g/mol. The summed E-state index contributed by atoms with van der Waals surface area (Å²) in [5.74, 6) is 2.98. The van der Waals surface area contributed by atoms with Gasteiger partial charge in [-0.15, -0.1) is 0 Å². The van der Waals surface area contributed by atoms with Crippen LogP contribution in [-0.4, -0.2) is 20.1 Å². The van der Waals surface area contributed by atoms with Crippen molar-refractivity contribution in [3.05, 3.63) is 29.8 Å². The van der Waals surface area contributed by atoms with Gasteiger partial charge in [0.05, 0.1) is 0 Å². The molecule has 2 aliphatic rings. The summed E-state index contributed by atoms with van der Waals surface area (Å²) in [5.41, 5.74) is 8.51. The Balaban J connectivity index is 1.68. The van der Waals surface area contributed by atoms with Gasteiger partial charge >= 0.3 is 0 Å². The van der Waals surface area contributed by atoms with Crippen molar-refractivity contribution in [3.8, 4) is 0 Å². The van der Waals surface area contributed by atoms with Crippen LogP contribution in [0.25, 0.3) is 0 Å². The van der Waals surface area contributed by atoms with Gasteiger partial charge in [-0.2, -0.15) is 0 Å². The van der Waals surface area contributed by atoms with Crippen LogP contribution in [0.3, 0.4) is 0 Å². The quantitative estimate of drug-likeness (QED) is 0.879. The Morgan fingerprint density at radius 1 is 1.21 bits per heavy atom. The van der Waals surface area contributed by atoms with E-state index in [1.807, 2.05) is 0 Å². The fourth-order valence-electron chi connectivity index (χ4n) is 4.30. The molecule has 3 unspecified atom stereocenters. The molecule has 1 aromatic rings. The summed E-state index contributed by atoms with van der Waals surface area (Å²) in [6, 6.07) is 8.74. The third-order valence-corrected chi connectivity index (χ3v) is 5.21. The highest BCUT2D eigenvalue weighted by molar-refractivity contribution is 5.53. The molecule has 0 heterocycles. The van der Waals surface area contributed by atoms with Crippen molar-refractivity contribution in [2.24, 2.45) is 23.5 Å². The van der Waals surface area contributed by atoms with Crippen LogP contribution >= 0.6 is 0 Å². The number of fused-ring (bicyclic) bond motifs is 2. The summed E-state index contributed by atoms with van der Waals surface area (Å²) in [7, 11) is 2.25. The molecule has 104 valence electrons. The molecule has 2 fully saturated rings. The van der Waals surface area contributed by atoms with Crippen LogP contribution in [0, 0.1) is 17.8 Å². The molecule has 0 aromatic heterocycles. The molecule has 3 rings (SSSR count). The summed E-state index contributed by atoms with van der Waals surface area (Å²) in [4.78, 5) is 2.47. The van der Waals surface area contributed by atoms with Crippen LogP contribution in [-0.2, 0) is 6.42 Å². The normalized spacial score (nSPS) is 28.8. The zero-order valence-corrected chi connectivity index (χ0v) is 12.0. The maximum atomic E-state index is 5.72. The van der Waals surface area contributed by atoms with Gasteiger partial charge in [0.15, 0.2) is 0 Å². The van der Waals surface area contributed by atoms with Crippen LogP contribution in [0.2, 0.25) is 0 Å². The molecule has 2 N–H and O–H groups in total. The van der Waals surface area contributed by atoms with E-state index < -0.39 is 0 Å². The van der Waals surface area contributed by atoms with Gasteiger partial charge in [0.2, 0.25) is 0 Å². The van der Waals surface area contributed by atoms with Crippen molar-refractivity contribution in [2.75, 3.05) is 25.0 Å². The highest BCUT2D eigenvalue weighted by Gasteiger charge is 2.39. The summed E-state index contributed by atoms with van der Waals surface area (Å²) < 4.78 is 0. The second kappa shape index (κ2) is 5.54. The monoisotopic (exact) mass is 258 g/mol. The number of hydrogen-bond acceptors (Lipinski definition) is 2. The minimum absolute atomic E-state index is 0.735. The molecule has 0 saturated heterocycles. The third kappa shape index (κ3) is 2.64. The predicted octanol–water partition coefficient (Wildman–Crippen LogP) is 3.06.